The van der Waals surface area contributed by atoms with Crippen LogP contribution in [0.4, 0.5) is 4.39 Å². The second-order valence-electron chi connectivity index (χ2n) is 9.09. The molecule has 7 heteroatoms. The molecule has 0 bridgehead atoms. The number of aliphatic hydroxyl groups excluding tert-OH is 1. The minimum Gasteiger partial charge on any atom is -0.507 e. The van der Waals surface area contributed by atoms with E-state index in [-0.39, 0.29) is 17.7 Å². The molecule has 1 aliphatic rings. The number of Topliss-reactive ketones (excluding diaryl/α,β-unsaturated/α-hetero) is 1. The molecule has 0 radical (unpaired) electrons. The fourth-order valence-electron chi connectivity index (χ4n) is 4.46. The Balaban J connectivity index is 1.52. The van der Waals surface area contributed by atoms with Crippen LogP contribution in [0.2, 0.25) is 0 Å². The van der Waals surface area contributed by atoms with E-state index in [2.05, 4.69) is 4.98 Å². The Labute approximate surface area is 219 Å². The van der Waals surface area contributed by atoms with Gasteiger partial charge in [-0.05, 0) is 59.5 Å². The first kappa shape index (κ1) is 24.9. The van der Waals surface area contributed by atoms with Crippen LogP contribution in [-0.4, -0.2) is 26.7 Å². The minimum atomic E-state index is -0.879. The average Bonchev–Trinajstić information content (AvgIpc) is 3.19. The number of aliphatic hydroxyl groups is 1. The van der Waals surface area contributed by atoms with Crippen molar-refractivity contribution in [3.63, 3.8) is 0 Å². The van der Waals surface area contributed by atoms with Gasteiger partial charge in [-0.25, -0.2) is 4.39 Å². The Morgan fingerprint density at radius 3 is 2.34 bits per heavy atom. The summed E-state index contributed by atoms with van der Waals surface area (Å²) in [6.07, 6.45) is 3.21. The molecule has 1 saturated heterocycles. The van der Waals surface area contributed by atoms with Gasteiger partial charge in [0.15, 0.2) is 0 Å². The Kier molecular flexibility index (Phi) is 7.00. The van der Waals surface area contributed by atoms with Crippen LogP contribution in [0.25, 0.3) is 5.76 Å². The number of likely N-dealkylation sites (tertiary alicyclic amines) is 1. The summed E-state index contributed by atoms with van der Waals surface area (Å²) >= 11 is 0. The van der Waals surface area contributed by atoms with E-state index in [4.69, 9.17) is 4.74 Å². The van der Waals surface area contributed by atoms with Crippen LogP contribution < -0.4 is 4.74 Å². The van der Waals surface area contributed by atoms with Gasteiger partial charge in [-0.3, -0.25) is 14.6 Å². The van der Waals surface area contributed by atoms with Crippen LogP contribution in [0.3, 0.4) is 0 Å². The molecule has 0 spiro atoms. The highest BCUT2D eigenvalue weighted by atomic mass is 19.1. The number of halogens is 1. The number of carbonyl (C=O) groups excluding carboxylic acids is 2. The van der Waals surface area contributed by atoms with Crippen molar-refractivity contribution >= 4 is 17.4 Å². The van der Waals surface area contributed by atoms with Gasteiger partial charge in [-0.2, -0.15) is 0 Å². The van der Waals surface area contributed by atoms with E-state index in [1.165, 1.54) is 23.1 Å². The predicted octanol–water partition coefficient (Wildman–Crippen LogP) is 5.73. The van der Waals surface area contributed by atoms with Gasteiger partial charge in [0.25, 0.3) is 11.7 Å². The van der Waals surface area contributed by atoms with E-state index in [1.54, 1.807) is 55.7 Å². The smallest absolute Gasteiger partial charge is 0.295 e. The van der Waals surface area contributed by atoms with Crippen LogP contribution in [-0.2, 0) is 22.7 Å². The second-order valence-corrected chi connectivity index (χ2v) is 9.09. The Hall–Kier alpha value is -4.78. The maximum atomic E-state index is 14.3. The molecular weight excluding hydrogens is 483 g/mol. The molecule has 1 amide bonds. The summed E-state index contributed by atoms with van der Waals surface area (Å²) in [6, 6.07) is 23.6. The van der Waals surface area contributed by atoms with E-state index in [1.807, 2.05) is 30.3 Å². The number of amides is 1. The molecular formula is C31H25FN2O4. The highest BCUT2D eigenvalue weighted by Gasteiger charge is 2.46. The molecule has 5 rings (SSSR count). The Bertz CT molecular complexity index is 1500. The summed E-state index contributed by atoms with van der Waals surface area (Å²) < 4.78 is 20.2. The second kappa shape index (κ2) is 10.7. The SMILES string of the molecule is Cc1ccc(/C(O)=C2/C(=O)C(=O)N(Cc3ccncc3)C2c2ccc(OCc3ccccc3)cc2)cc1F. The van der Waals surface area contributed by atoms with Crippen molar-refractivity contribution in [2.75, 3.05) is 0 Å². The Morgan fingerprint density at radius 1 is 0.947 bits per heavy atom. The molecule has 2 heterocycles. The lowest BCUT2D eigenvalue weighted by atomic mass is 9.94. The van der Waals surface area contributed by atoms with Crippen molar-refractivity contribution in [2.24, 2.45) is 0 Å². The number of carbonyl (C=O) groups is 2. The van der Waals surface area contributed by atoms with Crippen LogP contribution in [0.15, 0.2) is 103 Å². The number of hydrogen-bond acceptors (Lipinski definition) is 5. The van der Waals surface area contributed by atoms with Crippen molar-refractivity contribution in [3.05, 3.63) is 137 Å². The minimum absolute atomic E-state index is 0.0923. The van der Waals surface area contributed by atoms with Crippen molar-refractivity contribution in [2.45, 2.75) is 26.1 Å². The third-order valence-corrected chi connectivity index (χ3v) is 6.53. The molecule has 0 saturated carbocycles. The standard InChI is InChI=1S/C31H25FN2O4/c1-20-7-8-24(17-26(20)32)29(35)27-28(34(31(37)30(27)36)18-21-13-15-33-16-14-21)23-9-11-25(12-10-23)38-19-22-5-3-2-4-6-22/h2-17,28,35H,18-19H2,1H3/b29-27-. The van der Waals surface area contributed by atoms with Gasteiger partial charge in [0.1, 0.15) is 23.9 Å². The normalized spacial score (nSPS) is 16.6. The van der Waals surface area contributed by atoms with Gasteiger partial charge < -0.3 is 14.7 Å². The maximum Gasteiger partial charge on any atom is 0.295 e. The largest absolute Gasteiger partial charge is 0.507 e. The van der Waals surface area contributed by atoms with E-state index in [0.29, 0.717) is 23.5 Å². The highest BCUT2D eigenvalue weighted by molar-refractivity contribution is 6.46. The summed E-state index contributed by atoms with van der Waals surface area (Å²) in [5, 5.41) is 11.2. The lowest BCUT2D eigenvalue weighted by Gasteiger charge is -2.25. The summed E-state index contributed by atoms with van der Waals surface area (Å²) in [5.74, 6) is -1.90. The number of ether oxygens (including phenoxy) is 1. The summed E-state index contributed by atoms with van der Waals surface area (Å²) in [6.45, 7) is 2.12. The van der Waals surface area contributed by atoms with Gasteiger partial charge in [-0.1, -0.05) is 54.6 Å². The number of aromatic nitrogens is 1. The summed E-state index contributed by atoms with van der Waals surface area (Å²) in [5.41, 5.74) is 2.85. The zero-order chi connectivity index (χ0) is 26.6. The van der Waals surface area contributed by atoms with E-state index < -0.39 is 29.3 Å². The van der Waals surface area contributed by atoms with Crippen LogP contribution >= 0.6 is 0 Å². The molecule has 1 aliphatic heterocycles. The maximum absolute atomic E-state index is 14.3. The molecule has 38 heavy (non-hydrogen) atoms. The number of pyridine rings is 1. The first-order valence-corrected chi connectivity index (χ1v) is 12.1. The quantitative estimate of drug-likeness (QED) is 0.196. The molecule has 0 aliphatic carbocycles. The number of benzene rings is 3. The first-order valence-electron chi connectivity index (χ1n) is 12.1. The van der Waals surface area contributed by atoms with Crippen LogP contribution in [0, 0.1) is 12.7 Å². The van der Waals surface area contributed by atoms with E-state index >= 15 is 0 Å². The monoisotopic (exact) mass is 508 g/mol. The predicted molar refractivity (Wildman–Crippen MR) is 140 cm³/mol. The van der Waals surface area contributed by atoms with Gasteiger partial charge in [-0.15, -0.1) is 0 Å². The molecule has 1 unspecified atom stereocenters. The van der Waals surface area contributed by atoms with E-state index in [0.717, 1.165) is 11.1 Å². The van der Waals surface area contributed by atoms with Crippen molar-refractivity contribution < 1.29 is 23.8 Å². The van der Waals surface area contributed by atoms with Crippen LogP contribution in [0.1, 0.15) is 33.9 Å². The fraction of sp³-hybridized carbons (Fsp3) is 0.129. The lowest BCUT2D eigenvalue weighted by Crippen LogP contribution is -2.29. The number of ketones is 1. The number of nitrogens with zero attached hydrogens (tertiary/aromatic N) is 2. The van der Waals surface area contributed by atoms with Gasteiger partial charge in [0, 0.05) is 24.5 Å². The molecule has 4 aromatic rings. The first-order chi connectivity index (χ1) is 18.4. The third-order valence-electron chi connectivity index (χ3n) is 6.53. The average molecular weight is 509 g/mol. The van der Waals surface area contributed by atoms with Gasteiger partial charge in [0.2, 0.25) is 0 Å². The molecule has 190 valence electrons. The molecule has 1 fully saturated rings. The Morgan fingerprint density at radius 2 is 1.66 bits per heavy atom. The molecule has 3 aromatic carbocycles. The molecule has 6 nitrogen and oxygen atoms in total. The zero-order valence-electron chi connectivity index (χ0n) is 20.7. The third kappa shape index (κ3) is 5.04. The van der Waals surface area contributed by atoms with E-state index in [9.17, 15) is 19.1 Å². The summed E-state index contributed by atoms with van der Waals surface area (Å²) in [7, 11) is 0. The lowest BCUT2D eigenvalue weighted by molar-refractivity contribution is -0.140. The number of hydrogen-bond donors (Lipinski definition) is 1. The number of rotatable bonds is 7. The topological polar surface area (TPSA) is 79.7 Å². The highest BCUT2D eigenvalue weighted by Crippen LogP contribution is 2.40. The zero-order valence-corrected chi connectivity index (χ0v) is 20.7. The number of aryl methyl sites for hydroxylation is 1. The van der Waals surface area contributed by atoms with Crippen molar-refractivity contribution in [1.29, 1.82) is 0 Å². The van der Waals surface area contributed by atoms with Crippen molar-refractivity contribution in [3.8, 4) is 5.75 Å². The van der Waals surface area contributed by atoms with Gasteiger partial charge >= 0.3 is 0 Å². The van der Waals surface area contributed by atoms with Gasteiger partial charge in [0.05, 0.1) is 11.6 Å². The fourth-order valence-corrected chi connectivity index (χ4v) is 4.46. The molecule has 1 aromatic heterocycles. The van der Waals surface area contributed by atoms with Crippen LogP contribution in [0.5, 0.6) is 5.75 Å². The summed E-state index contributed by atoms with van der Waals surface area (Å²) in [4.78, 5) is 31.9. The van der Waals surface area contributed by atoms with Crippen molar-refractivity contribution in [1.82, 2.24) is 9.88 Å². The molecule has 1 N–H and O–H groups in total. The molecule has 1 atom stereocenters.